The van der Waals surface area contributed by atoms with E-state index in [1.807, 2.05) is 6.07 Å². The first-order valence-corrected chi connectivity index (χ1v) is 5.20. The predicted octanol–water partition coefficient (Wildman–Crippen LogP) is 2.17. The highest BCUT2D eigenvalue weighted by molar-refractivity contribution is 5.56. The molecule has 1 aromatic carbocycles. The van der Waals surface area contributed by atoms with E-state index in [0.717, 1.165) is 12.0 Å². The number of nitrogens with one attached hydrogen (secondary N) is 1. The van der Waals surface area contributed by atoms with Crippen LogP contribution in [0.5, 0.6) is 0 Å². The fourth-order valence-corrected chi connectivity index (χ4v) is 1.95. The van der Waals surface area contributed by atoms with Gasteiger partial charge in [0.2, 0.25) is 0 Å². The summed E-state index contributed by atoms with van der Waals surface area (Å²) in [7, 11) is 0. The average Bonchev–Trinajstić information content (AvgIpc) is 2.19. The van der Waals surface area contributed by atoms with Crippen LogP contribution in [0.3, 0.4) is 0 Å². The Bertz CT molecular complexity index is 335. The van der Waals surface area contributed by atoms with E-state index in [2.05, 4.69) is 31.3 Å². The molecule has 0 fully saturated rings. The van der Waals surface area contributed by atoms with Gasteiger partial charge in [0.25, 0.3) is 0 Å². The SMILES string of the molecule is CC1Cc2ccc(CO)cc2NC1C. The summed E-state index contributed by atoms with van der Waals surface area (Å²) in [6.45, 7) is 4.60. The third kappa shape index (κ3) is 1.62. The molecule has 0 bridgehead atoms. The summed E-state index contributed by atoms with van der Waals surface area (Å²) in [5.74, 6) is 0.683. The van der Waals surface area contributed by atoms with Crippen LogP contribution in [0.2, 0.25) is 0 Å². The fraction of sp³-hybridized carbons (Fsp3) is 0.500. The van der Waals surface area contributed by atoms with Gasteiger partial charge in [-0.25, -0.2) is 0 Å². The summed E-state index contributed by atoms with van der Waals surface area (Å²) < 4.78 is 0. The number of hydrogen-bond donors (Lipinski definition) is 2. The van der Waals surface area contributed by atoms with E-state index in [1.54, 1.807) is 0 Å². The molecule has 1 aliphatic rings. The first kappa shape index (κ1) is 9.53. The molecule has 2 nitrogen and oxygen atoms in total. The Morgan fingerprint density at radius 1 is 1.43 bits per heavy atom. The minimum absolute atomic E-state index is 0.124. The maximum atomic E-state index is 9.03. The molecular weight excluding hydrogens is 174 g/mol. The highest BCUT2D eigenvalue weighted by Gasteiger charge is 2.20. The Morgan fingerprint density at radius 2 is 2.21 bits per heavy atom. The molecule has 0 aliphatic carbocycles. The molecule has 0 amide bonds. The standard InChI is InChI=1S/C12H17NO/c1-8-5-11-4-3-10(7-14)6-12(11)13-9(8)2/h3-4,6,8-9,13-14H,5,7H2,1-2H3. The number of rotatable bonds is 1. The lowest BCUT2D eigenvalue weighted by molar-refractivity contribution is 0.282. The van der Waals surface area contributed by atoms with Crippen LogP contribution in [-0.2, 0) is 13.0 Å². The van der Waals surface area contributed by atoms with Crippen LogP contribution in [0, 0.1) is 5.92 Å². The van der Waals surface area contributed by atoms with E-state index in [1.165, 1.54) is 11.3 Å². The molecule has 1 aromatic rings. The van der Waals surface area contributed by atoms with E-state index in [4.69, 9.17) is 5.11 Å². The second kappa shape index (κ2) is 3.62. The van der Waals surface area contributed by atoms with Gasteiger partial charge in [0.1, 0.15) is 0 Å². The van der Waals surface area contributed by atoms with Crippen LogP contribution < -0.4 is 5.32 Å². The molecule has 0 aromatic heterocycles. The van der Waals surface area contributed by atoms with Gasteiger partial charge in [0, 0.05) is 11.7 Å². The molecule has 1 heterocycles. The third-order valence-electron chi connectivity index (χ3n) is 3.14. The number of aliphatic hydroxyl groups excluding tert-OH is 1. The van der Waals surface area contributed by atoms with E-state index >= 15 is 0 Å². The zero-order valence-corrected chi connectivity index (χ0v) is 8.75. The molecule has 2 N–H and O–H groups in total. The van der Waals surface area contributed by atoms with E-state index < -0.39 is 0 Å². The van der Waals surface area contributed by atoms with Gasteiger partial charge in [0.15, 0.2) is 0 Å². The number of fused-ring (bicyclic) bond motifs is 1. The van der Waals surface area contributed by atoms with Crippen molar-refractivity contribution in [2.45, 2.75) is 32.9 Å². The molecule has 0 saturated heterocycles. The van der Waals surface area contributed by atoms with Crippen molar-refractivity contribution in [3.63, 3.8) is 0 Å². The van der Waals surface area contributed by atoms with Crippen molar-refractivity contribution in [1.82, 2.24) is 0 Å². The number of anilines is 1. The van der Waals surface area contributed by atoms with Gasteiger partial charge in [-0.3, -0.25) is 0 Å². The quantitative estimate of drug-likeness (QED) is 0.713. The Balaban J connectivity index is 2.33. The molecule has 0 saturated carbocycles. The van der Waals surface area contributed by atoms with Gasteiger partial charge in [-0.1, -0.05) is 19.1 Å². The van der Waals surface area contributed by atoms with Crippen LogP contribution in [0.15, 0.2) is 18.2 Å². The number of hydrogen-bond acceptors (Lipinski definition) is 2. The van der Waals surface area contributed by atoms with Crippen LogP contribution in [0.1, 0.15) is 25.0 Å². The van der Waals surface area contributed by atoms with Gasteiger partial charge < -0.3 is 10.4 Å². The molecule has 2 unspecified atom stereocenters. The topological polar surface area (TPSA) is 32.3 Å². The second-order valence-electron chi connectivity index (χ2n) is 4.26. The average molecular weight is 191 g/mol. The Kier molecular flexibility index (Phi) is 2.46. The molecule has 14 heavy (non-hydrogen) atoms. The maximum absolute atomic E-state index is 9.03. The van der Waals surface area contributed by atoms with E-state index in [-0.39, 0.29) is 6.61 Å². The Labute approximate surface area is 85.0 Å². The minimum Gasteiger partial charge on any atom is -0.392 e. The van der Waals surface area contributed by atoms with Crippen molar-refractivity contribution < 1.29 is 5.11 Å². The molecular formula is C12H17NO. The molecule has 76 valence electrons. The van der Waals surface area contributed by atoms with Crippen molar-refractivity contribution in [1.29, 1.82) is 0 Å². The summed E-state index contributed by atoms with van der Waals surface area (Å²) >= 11 is 0. The Morgan fingerprint density at radius 3 is 2.93 bits per heavy atom. The molecule has 2 atom stereocenters. The first-order valence-electron chi connectivity index (χ1n) is 5.20. The zero-order chi connectivity index (χ0) is 10.1. The van der Waals surface area contributed by atoms with Crippen molar-refractivity contribution >= 4 is 5.69 Å². The van der Waals surface area contributed by atoms with Gasteiger partial charge in [-0.2, -0.15) is 0 Å². The largest absolute Gasteiger partial charge is 0.392 e. The van der Waals surface area contributed by atoms with Crippen LogP contribution in [0.4, 0.5) is 5.69 Å². The molecule has 0 spiro atoms. The number of aliphatic hydroxyl groups is 1. The molecule has 2 heteroatoms. The van der Waals surface area contributed by atoms with Gasteiger partial charge in [0.05, 0.1) is 6.61 Å². The van der Waals surface area contributed by atoms with E-state index in [9.17, 15) is 0 Å². The van der Waals surface area contributed by atoms with Gasteiger partial charge in [-0.15, -0.1) is 0 Å². The van der Waals surface area contributed by atoms with Crippen molar-refractivity contribution in [3.8, 4) is 0 Å². The van der Waals surface area contributed by atoms with Crippen molar-refractivity contribution in [3.05, 3.63) is 29.3 Å². The molecule has 0 radical (unpaired) electrons. The number of benzene rings is 1. The van der Waals surface area contributed by atoms with Crippen LogP contribution in [0.25, 0.3) is 0 Å². The maximum Gasteiger partial charge on any atom is 0.0682 e. The third-order valence-corrected chi connectivity index (χ3v) is 3.14. The van der Waals surface area contributed by atoms with Gasteiger partial charge in [-0.05, 0) is 36.5 Å². The first-order chi connectivity index (χ1) is 6.70. The Hall–Kier alpha value is -1.02. The van der Waals surface area contributed by atoms with Gasteiger partial charge >= 0.3 is 0 Å². The highest BCUT2D eigenvalue weighted by atomic mass is 16.3. The predicted molar refractivity (Wildman–Crippen MR) is 58.3 cm³/mol. The summed E-state index contributed by atoms with van der Waals surface area (Å²) in [4.78, 5) is 0. The minimum atomic E-state index is 0.124. The van der Waals surface area contributed by atoms with E-state index in [0.29, 0.717) is 12.0 Å². The summed E-state index contributed by atoms with van der Waals surface area (Å²) in [5, 5.41) is 12.5. The van der Waals surface area contributed by atoms with Crippen molar-refractivity contribution in [2.24, 2.45) is 5.92 Å². The molecule has 2 rings (SSSR count). The monoisotopic (exact) mass is 191 g/mol. The highest BCUT2D eigenvalue weighted by Crippen LogP contribution is 2.28. The summed E-state index contributed by atoms with van der Waals surface area (Å²) in [6, 6.07) is 6.70. The summed E-state index contributed by atoms with van der Waals surface area (Å²) in [6.07, 6.45) is 1.13. The molecule has 1 aliphatic heterocycles. The van der Waals surface area contributed by atoms with Crippen molar-refractivity contribution in [2.75, 3.05) is 5.32 Å². The lowest BCUT2D eigenvalue weighted by atomic mass is 9.89. The fourth-order valence-electron chi connectivity index (χ4n) is 1.95. The van der Waals surface area contributed by atoms with Crippen LogP contribution in [-0.4, -0.2) is 11.1 Å². The lowest BCUT2D eigenvalue weighted by Gasteiger charge is -2.30. The second-order valence-corrected chi connectivity index (χ2v) is 4.26. The smallest absolute Gasteiger partial charge is 0.0682 e. The normalized spacial score (nSPS) is 25.4. The van der Waals surface area contributed by atoms with Crippen LogP contribution >= 0.6 is 0 Å². The lowest BCUT2D eigenvalue weighted by Crippen LogP contribution is -2.30. The summed E-state index contributed by atoms with van der Waals surface area (Å²) in [5.41, 5.74) is 3.55. The zero-order valence-electron chi connectivity index (χ0n) is 8.75.